The molecule has 1 aliphatic heterocycles. The second kappa shape index (κ2) is 6.02. The zero-order valence-electron chi connectivity index (χ0n) is 8.84. The minimum atomic E-state index is -0.101. The number of terminal acetylenes is 1. The van der Waals surface area contributed by atoms with E-state index in [2.05, 4.69) is 11.2 Å². The lowest BCUT2D eigenvalue weighted by Gasteiger charge is -2.25. The molecule has 0 bridgehead atoms. The van der Waals surface area contributed by atoms with E-state index in [9.17, 15) is 0 Å². The van der Waals surface area contributed by atoms with Crippen LogP contribution in [0.1, 0.15) is 19.3 Å². The summed E-state index contributed by atoms with van der Waals surface area (Å²) in [5, 5.41) is 3.35. The first-order valence-corrected chi connectivity index (χ1v) is 5.10. The molecule has 0 amide bonds. The third-order valence-corrected chi connectivity index (χ3v) is 2.62. The Bertz CT molecular complexity index is 192. The van der Waals surface area contributed by atoms with Gasteiger partial charge in [-0.05, 0) is 13.0 Å². The summed E-state index contributed by atoms with van der Waals surface area (Å²) in [6.07, 6.45) is 8.00. The minimum Gasteiger partial charge on any atom is -0.378 e. The number of unbranched alkanes of at least 4 members (excludes halogenated alkanes) is 1. The molecule has 0 aromatic carbocycles. The Labute approximate surface area is 86.2 Å². The zero-order valence-corrected chi connectivity index (χ0v) is 8.84. The number of hydrogen-bond acceptors (Lipinski definition) is 3. The van der Waals surface area contributed by atoms with Gasteiger partial charge in [0.2, 0.25) is 0 Å². The summed E-state index contributed by atoms with van der Waals surface area (Å²) in [5.74, 6) is 2.62. The molecule has 0 radical (unpaired) electrons. The Morgan fingerprint density at radius 1 is 1.64 bits per heavy atom. The van der Waals surface area contributed by atoms with Crippen molar-refractivity contribution >= 4 is 0 Å². The molecule has 14 heavy (non-hydrogen) atoms. The number of methoxy groups -OCH3 is 1. The third-order valence-electron chi connectivity index (χ3n) is 2.62. The third kappa shape index (κ3) is 3.30. The van der Waals surface area contributed by atoms with Gasteiger partial charge in [-0.25, -0.2) is 0 Å². The quantitative estimate of drug-likeness (QED) is 0.504. The average molecular weight is 197 g/mol. The molecular formula is C11H19NO2. The summed E-state index contributed by atoms with van der Waals surface area (Å²) in [7, 11) is 1.75. The van der Waals surface area contributed by atoms with Gasteiger partial charge in [-0.2, -0.15) is 0 Å². The summed E-state index contributed by atoms with van der Waals surface area (Å²) in [4.78, 5) is 0. The van der Waals surface area contributed by atoms with Crippen LogP contribution in [0, 0.1) is 12.3 Å². The molecule has 0 spiro atoms. The van der Waals surface area contributed by atoms with Crippen molar-refractivity contribution in [1.82, 2.24) is 5.32 Å². The van der Waals surface area contributed by atoms with Gasteiger partial charge in [0.1, 0.15) is 5.60 Å². The molecule has 1 rings (SSSR count). The summed E-state index contributed by atoms with van der Waals surface area (Å²) < 4.78 is 10.8. The summed E-state index contributed by atoms with van der Waals surface area (Å²) in [6, 6.07) is 0. The molecule has 1 heterocycles. The Balaban J connectivity index is 2.12. The number of nitrogens with one attached hydrogen (secondary N) is 1. The van der Waals surface area contributed by atoms with Gasteiger partial charge >= 0.3 is 0 Å². The minimum absolute atomic E-state index is 0.101. The first-order chi connectivity index (χ1) is 6.83. The second-order valence-corrected chi connectivity index (χ2v) is 3.67. The van der Waals surface area contributed by atoms with Crippen molar-refractivity contribution in [2.45, 2.75) is 24.9 Å². The monoisotopic (exact) mass is 197 g/mol. The van der Waals surface area contributed by atoms with Crippen LogP contribution in [0.3, 0.4) is 0 Å². The maximum Gasteiger partial charge on any atom is 0.106 e. The molecule has 1 atom stereocenters. The van der Waals surface area contributed by atoms with Gasteiger partial charge in [0, 0.05) is 33.1 Å². The molecule has 1 saturated heterocycles. The van der Waals surface area contributed by atoms with E-state index in [1.807, 2.05) is 0 Å². The van der Waals surface area contributed by atoms with Gasteiger partial charge in [0.05, 0.1) is 6.61 Å². The predicted octanol–water partition coefficient (Wildman–Crippen LogP) is 0.795. The Kier molecular flexibility index (Phi) is 4.95. The van der Waals surface area contributed by atoms with Crippen molar-refractivity contribution in [3.8, 4) is 12.3 Å². The van der Waals surface area contributed by atoms with Crippen LogP contribution in [0.15, 0.2) is 0 Å². The molecular weight excluding hydrogens is 178 g/mol. The lowest BCUT2D eigenvalue weighted by Crippen LogP contribution is -2.43. The van der Waals surface area contributed by atoms with E-state index in [1.165, 1.54) is 0 Å². The van der Waals surface area contributed by atoms with Crippen molar-refractivity contribution in [2.75, 3.05) is 33.4 Å². The Morgan fingerprint density at radius 2 is 2.50 bits per heavy atom. The summed E-state index contributed by atoms with van der Waals surface area (Å²) in [5.41, 5.74) is -0.101. The molecule has 3 nitrogen and oxygen atoms in total. The molecule has 0 aromatic heterocycles. The van der Waals surface area contributed by atoms with Crippen molar-refractivity contribution in [3.63, 3.8) is 0 Å². The van der Waals surface area contributed by atoms with E-state index in [-0.39, 0.29) is 5.60 Å². The molecule has 3 heteroatoms. The second-order valence-electron chi connectivity index (χ2n) is 3.67. The van der Waals surface area contributed by atoms with E-state index >= 15 is 0 Å². The van der Waals surface area contributed by atoms with Gasteiger partial charge in [0.25, 0.3) is 0 Å². The van der Waals surface area contributed by atoms with Crippen LogP contribution >= 0.6 is 0 Å². The standard InChI is InChI=1S/C11H19NO2/c1-3-4-5-7-12-9-11(13-2)6-8-14-10-11/h1,12H,4-10H2,2H3. The highest BCUT2D eigenvalue weighted by Crippen LogP contribution is 2.21. The highest BCUT2D eigenvalue weighted by molar-refractivity contribution is 4.87. The Hall–Kier alpha value is -0.560. The van der Waals surface area contributed by atoms with Crippen LogP contribution in [0.5, 0.6) is 0 Å². The van der Waals surface area contributed by atoms with E-state index in [0.717, 1.165) is 39.0 Å². The highest BCUT2D eigenvalue weighted by atomic mass is 16.5. The summed E-state index contributed by atoms with van der Waals surface area (Å²) >= 11 is 0. The zero-order chi connectivity index (χ0) is 10.3. The van der Waals surface area contributed by atoms with Crippen LogP contribution in [0.4, 0.5) is 0 Å². The molecule has 1 fully saturated rings. The van der Waals surface area contributed by atoms with Crippen LogP contribution in [-0.2, 0) is 9.47 Å². The maximum atomic E-state index is 5.48. The van der Waals surface area contributed by atoms with Crippen molar-refractivity contribution in [3.05, 3.63) is 0 Å². The number of rotatable bonds is 6. The summed E-state index contributed by atoms with van der Waals surface area (Å²) in [6.45, 7) is 3.31. The van der Waals surface area contributed by atoms with Gasteiger partial charge < -0.3 is 14.8 Å². The highest BCUT2D eigenvalue weighted by Gasteiger charge is 2.34. The van der Waals surface area contributed by atoms with E-state index in [0.29, 0.717) is 6.61 Å². The SMILES string of the molecule is C#CCCCNCC1(OC)CCOC1. The molecule has 1 unspecified atom stereocenters. The topological polar surface area (TPSA) is 30.5 Å². The predicted molar refractivity (Wildman–Crippen MR) is 56.1 cm³/mol. The van der Waals surface area contributed by atoms with Gasteiger partial charge in [-0.1, -0.05) is 0 Å². The molecule has 0 aliphatic carbocycles. The first-order valence-electron chi connectivity index (χ1n) is 5.10. The van der Waals surface area contributed by atoms with Crippen molar-refractivity contribution < 1.29 is 9.47 Å². The molecule has 80 valence electrons. The van der Waals surface area contributed by atoms with E-state index < -0.39 is 0 Å². The molecule has 0 aromatic rings. The van der Waals surface area contributed by atoms with Gasteiger partial charge in [-0.3, -0.25) is 0 Å². The fourth-order valence-electron chi connectivity index (χ4n) is 1.59. The molecule has 1 N–H and O–H groups in total. The fraction of sp³-hybridized carbons (Fsp3) is 0.818. The van der Waals surface area contributed by atoms with E-state index in [4.69, 9.17) is 15.9 Å². The lowest BCUT2D eigenvalue weighted by molar-refractivity contribution is -0.0155. The van der Waals surface area contributed by atoms with Gasteiger partial charge in [-0.15, -0.1) is 12.3 Å². The first kappa shape index (κ1) is 11.5. The van der Waals surface area contributed by atoms with Crippen LogP contribution in [-0.4, -0.2) is 39.0 Å². The number of ether oxygens (including phenoxy) is 2. The van der Waals surface area contributed by atoms with Crippen LogP contribution in [0.2, 0.25) is 0 Å². The lowest BCUT2D eigenvalue weighted by atomic mass is 10.0. The number of hydrogen-bond donors (Lipinski definition) is 1. The molecule has 0 saturated carbocycles. The normalized spacial score (nSPS) is 26.3. The maximum absolute atomic E-state index is 5.48. The fourth-order valence-corrected chi connectivity index (χ4v) is 1.59. The van der Waals surface area contributed by atoms with Crippen LogP contribution < -0.4 is 5.32 Å². The smallest absolute Gasteiger partial charge is 0.106 e. The largest absolute Gasteiger partial charge is 0.378 e. The van der Waals surface area contributed by atoms with E-state index in [1.54, 1.807) is 7.11 Å². The van der Waals surface area contributed by atoms with Gasteiger partial charge in [0.15, 0.2) is 0 Å². The average Bonchev–Trinajstić information content (AvgIpc) is 2.67. The van der Waals surface area contributed by atoms with Crippen molar-refractivity contribution in [2.24, 2.45) is 0 Å². The van der Waals surface area contributed by atoms with Crippen LogP contribution in [0.25, 0.3) is 0 Å². The molecule has 1 aliphatic rings. The van der Waals surface area contributed by atoms with Crippen molar-refractivity contribution in [1.29, 1.82) is 0 Å². The Morgan fingerprint density at radius 3 is 3.07 bits per heavy atom.